The SMILES string of the molecule is Cc1nc(-c2cccc3cc(O)ccc23)cs1. The van der Waals surface area contributed by atoms with E-state index in [0.717, 1.165) is 27.0 Å². The molecule has 84 valence electrons. The van der Waals surface area contributed by atoms with Gasteiger partial charge in [-0.2, -0.15) is 0 Å². The van der Waals surface area contributed by atoms with Gasteiger partial charge in [0.15, 0.2) is 0 Å². The summed E-state index contributed by atoms with van der Waals surface area (Å²) in [4.78, 5) is 4.51. The van der Waals surface area contributed by atoms with Gasteiger partial charge in [-0.05, 0) is 29.8 Å². The number of benzene rings is 2. The third kappa shape index (κ3) is 1.78. The molecule has 0 atom stereocenters. The third-order valence-electron chi connectivity index (χ3n) is 2.76. The van der Waals surface area contributed by atoms with Crippen molar-refractivity contribution in [3.8, 4) is 17.0 Å². The second-order valence-corrected chi connectivity index (χ2v) is 5.03. The van der Waals surface area contributed by atoms with Gasteiger partial charge in [-0.15, -0.1) is 11.3 Å². The minimum atomic E-state index is 0.295. The predicted octanol–water partition coefficient (Wildman–Crippen LogP) is 3.98. The summed E-state index contributed by atoms with van der Waals surface area (Å²) in [5, 5.41) is 14.8. The third-order valence-corrected chi connectivity index (χ3v) is 3.53. The van der Waals surface area contributed by atoms with E-state index >= 15 is 0 Å². The molecular weight excluding hydrogens is 230 g/mol. The maximum atomic E-state index is 9.48. The fourth-order valence-electron chi connectivity index (χ4n) is 1.98. The van der Waals surface area contributed by atoms with Crippen LogP contribution in [0.3, 0.4) is 0 Å². The molecule has 1 N–H and O–H groups in total. The first-order valence-corrected chi connectivity index (χ1v) is 6.26. The molecule has 0 aliphatic rings. The van der Waals surface area contributed by atoms with E-state index in [1.807, 2.05) is 25.1 Å². The van der Waals surface area contributed by atoms with Gasteiger partial charge in [0.25, 0.3) is 0 Å². The number of phenols is 1. The lowest BCUT2D eigenvalue weighted by Crippen LogP contribution is -1.81. The average molecular weight is 241 g/mol. The van der Waals surface area contributed by atoms with E-state index in [0.29, 0.717) is 5.75 Å². The van der Waals surface area contributed by atoms with Gasteiger partial charge in [0, 0.05) is 10.9 Å². The van der Waals surface area contributed by atoms with Gasteiger partial charge in [0.1, 0.15) is 5.75 Å². The Balaban J connectivity index is 2.30. The molecule has 3 rings (SSSR count). The summed E-state index contributed by atoms with van der Waals surface area (Å²) in [5.41, 5.74) is 2.12. The van der Waals surface area contributed by atoms with Crippen LogP contribution in [0.25, 0.3) is 22.0 Å². The van der Waals surface area contributed by atoms with Crippen LogP contribution in [0.1, 0.15) is 5.01 Å². The monoisotopic (exact) mass is 241 g/mol. The second-order valence-electron chi connectivity index (χ2n) is 3.96. The molecule has 3 heteroatoms. The van der Waals surface area contributed by atoms with E-state index in [-0.39, 0.29) is 0 Å². The summed E-state index contributed by atoms with van der Waals surface area (Å²) in [6.45, 7) is 2.01. The quantitative estimate of drug-likeness (QED) is 0.699. The fraction of sp³-hybridized carbons (Fsp3) is 0.0714. The summed E-state index contributed by atoms with van der Waals surface area (Å²) in [7, 11) is 0. The standard InChI is InChI=1S/C14H11NOS/c1-9-15-14(8-17-9)13-4-2-3-10-7-11(16)5-6-12(10)13/h2-8,16H,1H3. The Kier molecular flexibility index (Phi) is 2.34. The van der Waals surface area contributed by atoms with Crippen LogP contribution in [0.15, 0.2) is 41.8 Å². The van der Waals surface area contributed by atoms with Crippen molar-refractivity contribution in [2.45, 2.75) is 6.92 Å². The Morgan fingerprint density at radius 2 is 2.06 bits per heavy atom. The number of aryl methyl sites for hydroxylation is 1. The summed E-state index contributed by atoms with van der Waals surface area (Å²) >= 11 is 1.65. The molecule has 0 spiro atoms. The normalized spacial score (nSPS) is 10.9. The molecule has 0 saturated heterocycles. The van der Waals surface area contributed by atoms with E-state index in [1.165, 1.54) is 0 Å². The van der Waals surface area contributed by atoms with Crippen LogP contribution < -0.4 is 0 Å². The zero-order chi connectivity index (χ0) is 11.8. The number of hydrogen-bond donors (Lipinski definition) is 1. The molecule has 1 aromatic heterocycles. The number of aromatic hydroxyl groups is 1. The van der Waals surface area contributed by atoms with Crippen LogP contribution in [0.2, 0.25) is 0 Å². The molecule has 0 saturated carbocycles. The lowest BCUT2D eigenvalue weighted by atomic mass is 10.0. The van der Waals surface area contributed by atoms with Crippen molar-refractivity contribution < 1.29 is 5.11 Å². The highest BCUT2D eigenvalue weighted by molar-refractivity contribution is 7.09. The first-order valence-electron chi connectivity index (χ1n) is 5.38. The Morgan fingerprint density at radius 1 is 1.18 bits per heavy atom. The van der Waals surface area contributed by atoms with Gasteiger partial charge in [0.2, 0.25) is 0 Å². The van der Waals surface area contributed by atoms with Crippen molar-refractivity contribution in [1.29, 1.82) is 0 Å². The first-order chi connectivity index (χ1) is 8.24. The summed E-state index contributed by atoms with van der Waals surface area (Å²) < 4.78 is 0. The molecule has 0 aliphatic heterocycles. The van der Waals surface area contributed by atoms with Crippen LogP contribution in [0.5, 0.6) is 5.75 Å². The Bertz CT molecular complexity index is 688. The molecule has 2 aromatic carbocycles. The number of rotatable bonds is 1. The highest BCUT2D eigenvalue weighted by Crippen LogP contribution is 2.30. The zero-order valence-corrected chi connectivity index (χ0v) is 10.2. The highest BCUT2D eigenvalue weighted by Gasteiger charge is 2.06. The number of nitrogens with zero attached hydrogens (tertiary/aromatic N) is 1. The Hall–Kier alpha value is -1.87. The van der Waals surface area contributed by atoms with Gasteiger partial charge in [-0.3, -0.25) is 0 Å². The number of aromatic nitrogens is 1. The maximum absolute atomic E-state index is 9.48. The zero-order valence-electron chi connectivity index (χ0n) is 9.34. The van der Waals surface area contributed by atoms with Gasteiger partial charge >= 0.3 is 0 Å². The lowest BCUT2D eigenvalue weighted by Gasteiger charge is -2.04. The molecule has 0 fully saturated rings. The van der Waals surface area contributed by atoms with Crippen LogP contribution in [-0.4, -0.2) is 10.1 Å². The van der Waals surface area contributed by atoms with Crippen molar-refractivity contribution in [2.75, 3.05) is 0 Å². The van der Waals surface area contributed by atoms with E-state index in [9.17, 15) is 5.11 Å². The summed E-state index contributed by atoms with van der Waals surface area (Å²) in [5.74, 6) is 0.295. The number of fused-ring (bicyclic) bond motifs is 1. The van der Waals surface area contributed by atoms with Crippen LogP contribution >= 0.6 is 11.3 Å². The van der Waals surface area contributed by atoms with Gasteiger partial charge in [-0.1, -0.05) is 24.3 Å². The molecule has 0 unspecified atom stereocenters. The van der Waals surface area contributed by atoms with E-state index in [4.69, 9.17) is 0 Å². The van der Waals surface area contributed by atoms with E-state index in [1.54, 1.807) is 23.5 Å². The highest BCUT2D eigenvalue weighted by atomic mass is 32.1. The minimum Gasteiger partial charge on any atom is -0.508 e. The van der Waals surface area contributed by atoms with Crippen molar-refractivity contribution in [2.24, 2.45) is 0 Å². The van der Waals surface area contributed by atoms with E-state index in [2.05, 4.69) is 16.4 Å². The smallest absolute Gasteiger partial charge is 0.116 e. The summed E-state index contributed by atoms with van der Waals surface area (Å²) in [6.07, 6.45) is 0. The van der Waals surface area contributed by atoms with Crippen molar-refractivity contribution in [3.05, 3.63) is 46.8 Å². The van der Waals surface area contributed by atoms with Crippen molar-refractivity contribution in [3.63, 3.8) is 0 Å². The summed E-state index contributed by atoms with van der Waals surface area (Å²) in [6, 6.07) is 11.5. The molecule has 17 heavy (non-hydrogen) atoms. The molecule has 3 aromatic rings. The molecule has 0 amide bonds. The first kappa shape index (κ1) is 10.3. The second kappa shape index (κ2) is 3.86. The lowest BCUT2D eigenvalue weighted by molar-refractivity contribution is 0.476. The van der Waals surface area contributed by atoms with Gasteiger partial charge in [-0.25, -0.2) is 4.98 Å². The average Bonchev–Trinajstić information content (AvgIpc) is 2.74. The number of thiazole rings is 1. The van der Waals surface area contributed by atoms with Gasteiger partial charge < -0.3 is 5.11 Å². The van der Waals surface area contributed by atoms with Crippen molar-refractivity contribution >= 4 is 22.1 Å². The minimum absolute atomic E-state index is 0.295. The number of hydrogen-bond acceptors (Lipinski definition) is 3. The van der Waals surface area contributed by atoms with Crippen molar-refractivity contribution in [1.82, 2.24) is 4.98 Å². The fourth-order valence-corrected chi connectivity index (χ4v) is 2.59. The van der Waals surface area contributed by atoms with Crippen LogP contribution in [0.4, 0.5) is 0 Å². The Morgan fingerprint density at radius 3 is 2.82 bits per heavy atom. The van der Waals surface area contributed by atoms with Crippen LogP contribution in [0, 0.1) is 6.92 Å². The largest absolute Gasteiger partial charge is 0.508 e. The van der Waals surface area contributed by atoms with Crippen LogP contribution in [-0.2, 0) is 0 Å². The molecule has 0 bridgehead atoms. The topological polar surface area (TPSA) is 33.1 Å². The maximum Gasteiger partial charge on any atom is 0.116 e. The van der Waals surface area contributed by atoms with Gasteiger partial charge in [0.05, 0.1) is 10.7 Å². The Labute approximate surface area is 103 Å². The molecule has 2 nitrogen and oxygen atoms in total. The predicted molar refractivity (Wildman–Crippen MR) is 71.5 cm³/mol. The molecule has 0 aliphatic carbocycles. The molecule has 0 radical (unpaired) electrons. The van der Waals surface area contributed by atoms with E-state index < -0.39 is 0 Å². The number of phenolic OH excluding ortho intramolecular Hbond substituents is 1. The molecule has 1 heterocycles. The molecular formula is C14H11NOS.